The van der Waals surface area contributed by atoms with E-state index in [-0.39, 0.29) is 23.6 Å². The molecule has 2 aromatic carbocycles. The molecule has 194 valence electrons. The second-order valence-electron chi connectivity index (χ2n) is 9.14. The maximum atomic E-state index is 13.6. The minimum Gasteiger partial charge on any atom is -0.444 e. The number of nitrogens with zero attached hydrogens (tertiary/aromatic N) is 1. The number of nitrogen functional groups attached to an aromatic ring is 1. The summed E-state index contributed by atoms with van der Waals surface area (Å²) in [5, 5.41) is 2.62. The van der Waals surface area contributed by atoms with Gasteiger partial charge >= 0.3 is 12.2 Å². The standard InChI is InChI=1S/C24H28F2N4O5S/c1-23(2,3)35-22(33)28-17-13-36-19-10-7-15(20(31)29-27)11-18(19)30(21(17)32)12-14-5-8-16(9-6-14)34-24(4,25)26/h5-11,17H,12-13,27H2,1-4H3,(H,28,33)(H,29,31)/t17-/m0/s1. The van der Waals surface area contributed by atoms with Crippen molar-refractivity contribution in [1.29, 1.82) is 0 Å². The molecule has 0 radical (unpaired) electrons. The summed E-state index contributed by atoms with van der Waals surface area (Å²) < 4.78 is 36.2. The lowest BCUT2D eigenvalue weighted by atomic mass is 10.1. The predicted molar refractivity (Wildman–Crippen MR) is 131 cm³/mol. The number of fused-ring (bicyclic) bond motifs is 1. The van der Waals surface area contributed by atoms with Crippen molar-refractivity contribution in [3.05, 3.63) is 53.6 Å². The second-order valence-corrected chi connectivity index (χ2v) is 10.2. The number of carbonyl (C=O) groups is 3. The molecule has 0 saturated heterocycles. The van der Waals surface area contributed by atoms with Crippen LogP contribution >= 0.6 is 11.8 Å². The van der Waals surface area contributed by atoms with Gasteiger partial charge in [0.1, 0.15) is 17.4 Å². The first kappa shape index (κ1) is 27.2. The normalized spacial score (nSPS) is 16.0. The van der Waals surface area contributed by atoms with E-state index in [1.54, 1.807) is 45.0 Å². The zero-order chi connectivity index (χ0) is 26.7. The minimum absolute atomic E-state index is 0.0317. The third kappa shape index (κ3) is 7.31. The number of hydrazine groups is 1. The number of amides is 3. The van der Waals surface area contributed by atoms with E-state index < -0.39 is 35.7 Å². The fourth-order valence-electron chi connectivity index (χ4n) is 3.39. The molecule has 1 atom stereocenters. The number of nitrogens with one attached hydrogen (secondary N) is 2. The first-order valence-corrected chi connectivity index (χ1v) is 12.0. The van der Waals surface area contributed by atoms with Crippen molar-refractivity contribution in [2.45, 2.75) is 56.9 Å². The van der Waals surface area contributed by atoms with Crippen molar-refractivity contribution in [1.82, 2.24) is 10.7 Å². The number of ether oxygens (including phenoxy) is 2. The van der Waals surface area contributed by atoms with Crippen molar-refractivity contribution >= 4 is 35.4 Å². The summed E-state index contributed by atoms with van der Waals surface area (Å²) in [6.45, 7) is 5.81. The molecule has 4 N–H and O–H groups in total. The molecule has 3 rings (SSSR count). The number of thioether (sulfide) groups is 1. The number of alkyl carbamates (subject to hydrolysis) is 1. The monoisotopic (exact) mass is 522 g/mol. The SMILES string of the molecule is CC(C)(C)OC(=O)N[C@H]1CSc2ccc(C(=O)NN)cc2N(Cc2ccc(OC(C)(F)F)cc2)C1=O. The Morgan fingerprint density at radius 2 is 1.81 bits per heavy atom. The number of hydrogen-bond acceptors (Lipinski definition) is 7. The van der Waals surface area contributed by atoms with Crippen LogP contribution in [0.3, 0.4) is 0 Å². The Hall–Kier alpha value is -3.38. The van der Waals surface area contributed by atoms with Crippen molar-refractivity contribution in [3.63, 3.8) is 0 Å². The molecule has 0 spiro atoms. The number of alkyl halides is 2. The molecule has 1 heterocycles. The van der Waals surface area contributed by atoms with Gasteiger partial charge < -0.3 is 19.7 Å². The van der Waals surface area contributed by atoms with Crippen LogP contribution in [0.25, 0.3) is 0 Å². The summed E-state index contributed by atoms with van der Waals surface area (Å²) in [6.07, 6.45) is -4.07. The topological polar surface area (TPSA) is 123 Å². The number of rotatable bonds is 6. The van der Waals surface area contributed by atoms with Crippen LogP contribution in [0, 0.1) is 0 Å². The van der Waals surface area contributed by atoms with E-state index in [9.17, 15) is 23.2 Å². The van der Waals surface area contributed by atoms with E-state index in [1.165, 1.54) is 34.9 Å². The Balaban J connectivity index is 1.94. The fraction of sp³-hybridized carbons (Fsp3) is 0.375. The van der Waals surface area contributed by atoms with Crippen LogP contribution in [-0.2, 0) is 16.1 Å². The number of hydrogen-bond donors (Lipinski definition) is 3. The number of nitrogens with two attached hydrogens (primary N) is 1. The molecule has 0 saturated carbocycles. The number of carbonyl (C=O) groups excluding carboxylic acids is 3. The molecule has 0 bridgehead atoms. The van der Waals surface area contributed by atoms with Crippen molar-refractivity contribution in [2.24, 2.45) is 5.84 Å². The van der Waals surface area contributed by atoms with Gasteiger partial charge in [0.25, 0.3) is 11.8 Å². The van der Waals surface area contributed by atoms with Crippen molar-refractivity contribution < 1.29 is 32.6 Å². The zero-order valence-corrected chi connectivity index (χ0v) is 21.1. The molecular weight excluding hydrogens is 494 g/mol. The summed E-state index contributed by atoms with van der Waals surface area (Å²) >= 11 is 1.33. The molecular formula is C24H28F2N4O5S. The summed E-state index contributed by atoms with van der Waals surface area (Å²) in [5.41, 5.74) is 2.60. The Kier molecular flexibility index (Phi) is 8.09. The average Bonchev–Trinajstić information content (AvgIpc) is 2.89. The molecule has 2 aromatic rings. The van der Waals surface area contributed by atoms with Crippen LogP contribution in [-0.4, -0.2) is 41.4 Å². The van der Waals surface area contributed by atoms with Gasteiger partial charge in [-0.2, -0.15) is 8.78 Å². The quantitative estimate of drug-likeness (QED) is 0.299. The highest BCUT2D eigenvalue weighted by Gasteiger charge is 2.34. The van der Waals surface area contributed by atoms with Gasteiger partial charge in [-0.1, -0.05) is 12.1 Å². The molecule has 12 heteroatoms. The Morgan fingerprint density at radius 3 is 2.39 bits per heavy atom. The van der Waals surface area contributed by atoms with Gasteiger partial charge in [-0.3, -0.25) is 15.0 Å². The largest absolute Gasteiger partial charge is 0.444 e. The lowest BCUT2D eigenvalue weighted by Crippen LogP contribution is -2.50. The van der Waals surface area contributed by atoms with Crippen molar-refractivity contribution in [3.8, 4) is 5.75 Å². The average molecular weight is 523 g/mol. The molecule has 36 heavy (non-hydrogen) atoms. The minimum atomic E-state index is -3.33. The number of anilines is 1. The third-order valence-electron chi connectivity index (χ3n) is 4.86. The summed E-state index contributed by atoms with van der Waals surface area (Å²) in [4.78, 5) is 40.3. The van der Waals surface area contributed by atoms with Gasteiger partial charge in [0.15, 0.2) is 0 Å². The van der Waals surface area contributed by atoms with Gasteiger partial charge in [0.05, 0.1) is 12.2 Å². The van der Waals surface area contributed by atoms with Gasteiger partial charge in [-0.05, 0) is 56.7 Å². The highest BCUT2D eigenvalue weighted by atomic mass is 32.2. The summed E-state index contributed by atoms with van der Waals surface area (Å²) in [7, 11) is 0. The van der Waals surface area contributed by atoms with E-state index in [2.05, 4.69) is 15.5 Å². The smallest absolute Gasteiger partial charge is 0.408 e. The van der Waals surface area contributed by atoms with Gasteiger partial charge in [0, 0.05) is 23.1 Å². The maximum absolute atomic E-state index is 13.6. The molecule has 1 aliphatic heterocycles. The van der Waals surface area contributed by atoms with E-state index in [1.807, 2.05) is 0 Å². The predicted octanol–water partition coefficient (Wildman–Crippen LogP) is 3.81. The van der Waals surface area contributed by atoms with E-state index in [4.69, 9.17) is 10.6 Å². The first-order chi connectivity index (χ1) is 16.8. The zero-order valence-electron chi connectivity index (χ0n) is 20.3. The molecule has 0 aliphatic carbocycles. The molecule has 1 aliphatic rings. The van der Waals surface area contributed by atoms with Crippen LogP contribution in [0.4, 0.5) is 19.3 Å². The molecule has 0 unspecified atom stereocenters. The third-order valence-corrected chi connectivity index (χ3v) is 6.02. The van der Waals surface area contributed by atoms with Crippen LogP contribution in [0.15, 0.2) is 47.4 Å². The number of halogens is 2. The van der Waals surface area contributed by atoms with Crippen LogP contribution < -0.4 is 26.2 Å². The summed E-state index contributed by atoms with van der Waals surface area (Å²) in [5.74, 6) is 4.49. The maximum Gasteiger partial charge on any atom is 0.408 e. The van der Waals surface area contributed by atoms with Gasteiger partial charge in [0.2, 0.25) is 0 Å². The van der Waals surface area contributed by atoms with E-state index in [0.29, 0.717) is 23.1 Å². The number of benzene rings is 2. The Morgan fingerprint density at radius 1 is 1.14 bits per heavy atom. The van der Waals surface area contributed by atoms with Crippen LogP contribution in [0.5, 0.6) is 5.75 Å². The second kappa shape index (κ2) is 10.7. The first-order valence-electron chi connectivity index (χ1n) is 11.0. The van der Waals surface area contributed by atoms with Gasteiger partial charge in [-0.15, -0.1) is 11.8 Å². The molecule has 3 amide bonds. The lowest BCUT2D eigenvalue weighted by molar-refractivity contribution is -0.158. The Bertz CT molecular complexity index is 1130. The van der Waals surface area contributed by atoms with E-state index >= 15 is 0 Å². The fourth-order valence-corrected chi connectivity index (χ4v) is 4.45. The van der Waals surface area contributed by atoms with Crippen molar-refractivity contribution in [2.75, 3.05) is 10.7 Å². The van der Waals surface area contributed by atoms with Crippen LogP contribution in [0.1, 0.15) is 43.6 Å². The molecule has 0 aromatic heterocycles. The highest BCUT2D eigenvalue weighted by molar-refractivity contribution is 7.99. The van der Waals surface area contributed by atoms with E-state index in [0.717, 1.165) is 0 Å². The van der Waals surface area contributed by atoms with Crippen LogP contribution in [0.2, 0.25) is 0 Å². The summed E-state index contributed by atoms with van der Waals surface area (Å²) in [6, 6.07) is 9.74. The Labute approximate surface area is 211 Å². The molecule has 0 fully saturated rings. The highest BCUT2D eigenvalue weighted by Crippen LogP contribution is 2.36. The van der Waals surface area contributed by atoms with Gasteiger partial charge in [-0.25, -0.2) is 10.6 Å². The molecule has 9 nitrogen and oxygen atoms in total. The lowest BCUT2D eigenvalue weighted by Gasteiger charge is -2.27.